The minimum atomic E-state index is -5.00. The van der Waals surface area contributed by atoms with Gasteiger partial charge in [-0.1, -0.05) is 29.3 Å². The summed E-state index contributed by atoms with van der Waals surface area (Å²) in [6.07, 6.45) is 1.89. The zero-order valence-corrected chi connectivity index (χ0v) is 25.0. The van der Waals surface area contributed by atoms with Crippen molar-refractivity contribution >= 4 is 47.1 Å². The first-order chi connectivity index (χ1) is 19.7. The van der Waals surface area contributed by atoms with Crippen LogP contribution in [0.1, 0.15) is 81.5 Å². The molecule has 0 radical (unpaired) electrons. The monoisotopic (exact) mass is 629 g/mol. The number of carbonyl (C=O) groups is 3. The molecular formula is C30H36Cl2F3N3O4. The fraction of sp³-hybridized carbons (Fsp3) is 0.600. The van der Waals surface area contributed by atoms with Gasteiger partial charge in [0.15, 0.2) is 5.78 Å². The summed E-state index contributed by atoms with van der Waals surface area (Å²) in [5.41, 5.74) is -2.95. The number of ketones is 1. The molecule has 0 unspecified atom stereocenters. The van der Waals surface area contributed by atoms with Crippen molar-refractivity contribution in [3.05, 3.63) is 45.1 Å². The average molecular weight is 631 g/mol. The third kappa shape index (κ3) is 7.30. The highest BCUT2D eigenvalue weighted by molar-refractivity contribution is 6.40. The van der Waals surface area contributed by atoms with E-state index in [1.54, 1.807) is 13.0 Å². The molecule has 3 aliphatic carbocycles. The molecule has 7 nitrogen and oxygen atoms in total. The summed E-state index contributed by atoms with van der Waals surface area (Å²) in [6, 6.07) is 3.76. The van der Waals surface area contributed by atoms with Crippen molar-refractivity contribution in [3.8, 4) is 0 Å². The summed E-state index contributed by atoms with van der Waals surface area (Å²) < 4.78 is 43.2. The molecule has 1 spiro atoms. The van der Waals surface area contributed by atoms with Crippen LogP contribution in [0.3, 0.4) is 0 Å². The van der Waals surface area contributed by atoms with E-state index in [0.29, 0.717) is 11.6 Å². The van der Waals surface area contributed by atoms with Gasteiger partial charge in [0, 0.05) is 18.8 Å². The highest BCUT2D eigenvalue weighted by Crippen LogP contribution is 2.57. The van der Waals surface area contributed by atoms with Crippen LogP contribution < -0.4 is 5.32 Å². The number of allylic oxidation sites excluding steroid dienone is 1. The molecule has 0 aromatic heterocycles. The Hall–Kier alpha value is -2.59. The Kier molecular flexibility index (Phi) is 9.67. The molecular weight excluding hydrogens is 594 g/mol. The Bertz CT molecular complexity index is 1240. The number of amides is 1. The van der Waals surface area contributed by atoms with Gasteiger partial charge >= 0.3 is 12.1 Å². The number of hydrogen-bond acceptors (Lipinski definition) is 5. The number of carboxylic acid groups (broad SMARTS) is 1. The lowest BCUT2D eigenvalue weighted by molar-refractivity contribution is -0.150. The SMILES string of the molecule is C[C@]1(C(=O)O)CC[C@H](N/C(=C(\C=N)C(=O)N(CC(=O)c2c(Cl)cccc2Cl)CC2CCC3(CC2)CC3)C(F)(F)F)CC1. The third-order valence-electron chi connectivity index (χ3n) is 9.35. The fourth-order valence-corrected chi connectivity index (χ4v) is 6.85. The van der Waals surface area contributed by atoms with Crippen molar-refractivity contribution in [2.45, 2.75) is 83.4 Å². The van der Waals surface area contributed by atoms with E-state index < -0.39 is 53.1 Å². The minimum Gasteiger partial charge on any atom is -0.481 e. The molecule has 1 aromatic carbocycles. The van der Waals surface area contributed by atoms with E-state index in [0.717, 1.165) is 30.6 Å². The van der Waals surface area contributed by atoms with Crippen molar-refractivity contribution < 1.29 is 32.7 Å². The Morgan fingerprint density at radius 1 is 1.05 bits per heavy atom. The first-order valence-corrected chi connectivity index (χ1v) is 15.0. The maximum absolute atomic E-state index is 14.4. The van der Waals surface area contributed by atoms with Crippen LogP contribution in [-0.2, 0) is 9.59 Å². The predicted molar refractivity (Wildman–Crippen MR) is 154 cm³/mol. The number of nitrogens with one attached hydrogen (secondary N) is 2. The summed E-state index contributed by atoms with van der Waals surface area (Å²) in [6.45, 7) is 1.08. The number of nitrogens with zero attached hydrogens (tertiary/aromatic N) is 1. The van der Waals surface area contributed by atoms with Gasteiger partial charge in [0.05, 0.1) is 33.1 Å². The summed E-state index contributed by atoms with van der Waals surface area (Å²) in [4.78, 5) is 39.8. The predicted octanol–water partition coefficient (Wildman–Crippen LogP) is 7.06. The number of alkyl halides is 3. The van der Waals surface area contributed by atoms with E-state index in [2.05, 4.69) is 5.32 Å². The molecule has 0 bridgehead atoms. The number of hydrogen-bond donors (Lipinski definition) is 3. The van der Waals surface area contributed by atoms with Crippen molar-refractivity contribution in [1.82, 2.24) is 10.2 Å². The lowest BCUT2D eigenvalue weighted by Gasteiger charge is -2.36. The highest BCUT2D eigenvalue weighted by atomic mass is 35.5. The van der Waals surface area contributed by atoms with Crippen LogP contribution >= 0.6 is 23.2 Å². The lowest BCUT2D eigenvalue weighted by atomic mass is 9.74. The van der Waals surface area contributed by atoms with Gasteiger partial charge in [0.2, 0.25) is 0 Å². The topological polar surface area (TPSA) is 111 Å². The summed E-state index contributed by atoms with van der Waals surface area (Å²) in [5.74, 6) is -2.70. The van der Waals surface area contributed by atoms with Gasteiger partial charge < -0.3 is 20.7 Å². The molecule has 3 N–H and O–H groups in total. The zero-order chi connectivity index (χ0) is 30.9. The maximum atomic E-state index is 14.4. The van der Waals surface area contributed by atoms with Crippen molar-refractivity contribution in [2.75, 3.05) is 13.1 Å². The molecule has 3 aliphatic rings. The van der Waals surface area contributed by atoms with Crippen LogP contribution in [0.5, 0.6) is 0 Å². The van der Waals surface area contributed by atoms with Gasteiger partial charge in [-0.2, -0.15) is 13.2 Å². The van der Waals surface area contributed by atoms with E-state index in [1.165, 1.54) is 25.0 Å². The first kappa shape index (κ1) is 32.3. The fourth-order valence-electron chi connectivity index (χ4n) is 6.24. The molecule has 42 heavy (non-hydrogen) atoms. The van der Waals surface area contributed by atoms with Gasteiger partial charge in [-0.25, -0.2) is 0 Å². The Labute approximate surface area is 253 Å². The average Bonchev–Trinajstić information content (AvgIpc) is 3.68. The number of aliphatic carboxylic acids is 1. The third-order valence-corrected chi connectivity index (χ3v) is 9.98. The van der Waals surface area contributed by atoms with Crippen molar-refractivity contribution in [3.63, 3.8) is 0 Å². The zero-order valence-electron chi connectivity index (χ0n) is 23.5. The number of Topliss-reactive ketones (excluding diaryl/α,β-unsaturated/α-hetero) is 1. The summed E-state index contributed by atoms with van der Waals surface area (Å²) in [5, 5.41) is 19.9. The molecule has 3 fully saturated rings. The number of carboxylic acids is 1. The lowest BCUT2D eigenvalue weighted by Crippen LogP contribution is -2.45. The molecule has 0 saturated heterocycles. The van der Waals surface area contributed by atoms with E-state index in [-0.39, 0.29) is 53.8 Å². The van der Waals surface area contributed by atoms with E-state index in [4.69, 9.17) is 28.6 Å². The summed E-state index contributed by atoms with van der Waals surface area (Å²) >= 11 is 12.4. The molecule has 1 aromatic rings. The number of rotatable bonds is 10. The quantitative estimate of drug-likeness (QED) is 0.146. The van der Waals surface area contributed by atoms with E-state index in [9.17, 15) is 32.7 Å². The molecule has 1 amide bonds. The Balaban J connectivity index is 1.62. The van der Waals surface area contributed by atoms with Gasteiger partial charge in [-0.05, 0) is 94.6 Å². The van der Waals surface area contributed by atoms with Gasteiger partial charge in [-0.3, -0.25) is 14.4 Å². The highest BCUT2D eigenvalue weighted by Gasteiger charge is 2.46. The van der Waals surface area contributed by atoms with Crippen molar-refractivity contribution in [2.24, 2.45) is 16.7 Å². The van der Waals surface area contributed by atoms with Crippen LogP contribution in [0.25, 0.3) is 0 Å². The first-order valence-electron chi connectivity index (χ1n) is 14.3. The second-order valence-electron chi connectivity index (χ2n) is 12.4. The van der Waals surface area contributed by atoms with E-state index in [1.807, 2.05) is 0 Å². The van der Waals surface area contributed by atoms with Crippen LogP contribution in [0.4, 0.5) is 13.2 Å². The van der Waals surface area contributed by atoms with Gasteiger partial charge in [0.25, 0.3) is 5.91 Å². The number of benzene rings is 1. The normalized spacial score (nSPS) is 24.5. The molecule has 0 aliphatic heterocycles. The van der Waals surface area contributed by atoms with Gasteiger partial charge in [-0.15, -0.1) is 0 Å². The molecule has 0 atom stereocenters. The molecule has 12 heteroatoms. The molecule has 0 heterocycles. The summed E-state index contributed by atoms with van der Waals surface area (Å²) in [7, 11) is 0. The second kappa shape index (κ2) is 12.6. The maximum Gasteiger partial charge on any atom is 0.431 e. The Morgan fingerprint density at radius 2 is 1.62 bits per heavy atom. The smallest absolute Gasteiger partial charge is 0.431 e. The Morgan fingerprint density at radius 3 is 2.10 bits per heavy atom. The van der Waals surface area contributed by atoms with Crippen LogP contribution in [0.15, 0.2) is 29.5 Å². The molecule has 3 saturated carbocycles. The van der Waals surface area contributed by atoms with Gasteiger partial charge in [0.1, 0.15) is 5.70 Å². The van der Waals surface area contributed by atoms with Crippen LogP contribution in [0.2, 0.25) is 10.0 Å². The number of carbonyl (C=O) groups excluding carboxylic acids is 2. The van der Waals surface area contributed by atoms with Crippen LogP contribution in [-0.4, -0.2) is 59.2 Å². The standard InChI is InChI=1S/C30H36Cl2F3N3O4/c1-28(27(41)42)9-7-19(8-10-28)37-25(30(33,34)35)20(15-36)26(40)38(16-18-5-11-29(12-6-18)13-14-29)17-23(39)24-21(31)3-2-4-22(24)32/h2-4,15,18-19,36-37H,5-14,16-17H2,1H3,(H,41,42)/b25-20+,36-15?/t19-,28-. The molecule has 4 rings (SSSR count). The van der Waals surface area contributed by atoms with E-state index >= 15 is 0 Å². The number of halogens is 5. The van der Waals surface area contributed by atoms with Crippen molar-refractivity contribution in [1.29, 1.82) is 5.41 Å². The molecule has 230 valence electrons. The second-order valence-corrected chi connectivity index (χ2v) is 13.2. The largest absolute Gasteiger partial charge is 0.481 e. The van der Waals surface area contributed by atoms with Crippen LogP contribution in [0, 0.1) is 22.2 Å². The minimum absolute atomic E-state index is 0.00369.